The fraction of sp³-hybridized carbons (Fsp3) is 0.822. The Labute approximate surface area is 412 Å². The van der Waals surface area contributed by atoms with Gasteiger partial charge in [0.05, 0.1) is 51.5 Å². The van der Waals surface area contributed by atoms with Gasteiger partial charge < -0.3 is 81.9 Å². The summed E-state index contributed by atoms with van der Waals surface area (Å²) in [4.78, 5) is 100. The summed E-state index contributed by atoms with van der Waals surface area (Å²) in [7, 11) is 2.76. The van der Waals surface area contributed by atoms with Crippen LogP contribution in [0.25, 0.3) is 0 Å². The van der Waals surface area contributed by atoms with Crippen LogP contribution in [0.2, 0.25) is 0 Å². The molecule has 10 atom stereocenters. The number of carbonyl (C=O) groups is 8. The van der Waals surface area contributed by atoms with E-state index in [1.165, 1.54) is 27.9 Å². The van der Waals surface area contributed by atoms with E-state index in [2.05, 4.69) is 42.5 Å². The Kier molecular flexibility index (Phi) is 48.2. The maximum atomic E-state index is 13.0. The Morgan fingerprint density at radius 1 is 0.507 bits per heavy atom. The van der Waals surface area contributed by atoms with Crippen LogP contribution in [0.1, 0.15) is 118 Å². The van der Waals surface area contributed by atoms with Gasteiger partial charge in [0, 0.05) is 65.0 Å². The summed E-state index contributed by atoms with van der Waals surface area (Å²) in [6.07, 6.45) is -4.36. The van der Waals surface area contributed by atoms with Gasteiger partial charge in [-0.3, -0.25) is 38.4 Å². The van der Waals surface area contributed by atoms with Crippen molar-refractivity contribution >= 4 is 47.3 Å². The first-order chi connectivity index (χ1) is 29.0. The Bertz CT molecular complexity index is 1360. The predicted octanol–water partition coefficient (Wildman–Crippen LogP) is -0.806. The van der Waals surface area contributed by atoms with E-state index in [0.717, 1.165) is 0 Å². The minimum Gasteiger partial charge on any atom is -0.394 e. The van der Waals surface area contributed by atoms with Crippen LogP contribution in [0.5, 0.6) is 0 Å². The molecule has 24 heteroatoms. The number of ether oxygens (including phenoxy) is 4. The topological polar surface area (TPSA) is 351 Å². The van der Waals surface area contributed by atoms with Crippen LogP contribution in [0.3, 0.4) is 0 Å². The van der Waals surface area contributed by atoms with Crippen molar-refractivity contribution in [3.8, 4) is 0 Å². The summed E-state index contributed by atoms with van der Waals surface area (Å²) in [6, 6.07) is -2.49. The van der Waals surface area contributed by atoms with E-state index in [-0.39, 0.29) is 124 Å². The maximum absolute atomic E-state index is 13.0. The van der Waals surface area contributed by atoms with Gasteiger partial charge in [0.25, 0.3) is 0 Å². The molecule has 0 spiro atoms. The number of hydrogen-bond acceptors (Lipinski definition) is 16. The molecule has 69 heavy (non-hydrogen) atoms. The molecule has 0 aromatic rings. The number of rotatable bonds is 28. The largest absolute Gasteiger partial charge is 0.394 e. The molecule has 2 heterocycles. The van der Waals surface area contributed by atoms with Crippen molar-refractivity contribution in [3.05, 3.63) is 0 Å². The van der Waals surface area contributed by atoms with Gasteiger partial charge in [-0.25, -0.2) is 0 Å². The van der Waals surface area contributed by atoms with E-state index in [0.29, 0.717) is 19.3 Å². The summed E-state index contributed by atoms with van der Waals surface area (Å²) in [6.45, 7) is 1.84. The van der Waals surface area contributed by atoms with E-state index >= 15 is 0 Å². The Morgan fingerprint density at radius 2 is 0.841 bits per heavy atom. The zero-order valence-electron chi connectivity index (χ0n) is 35.1. The Hall–Kier alpha value is -4.56. The van der Waals surface area contributed by atoms with Gasteiger partial charge in [0.15, 0.2) is 12.6 Å². The second-order valence-electron chi connectivity index (χ2n) is 14.8. The van der Waals surface area contributed by atoms with Crippen LogP contribution >= 0.6 is 0 Å². The SMILES string of the molecule is C.C.C.C.C.C.C.C.CNC(=O)CC(NC(=O)CC(C)C(=O)NCC(O)CO)C(=O)NCC1COC(CCCC2OCC(CNC(=O)C(CC(=O)NC)NC(=O)CC(C)C(=O)NCC(O)CO)O2)O1. The minimum absolute atomic E-state index is 0. The predicted molar refractivity (Wildman–Crippen MR) is 264 cm³/mol. The molecular formula is C45H96N8O16. The number of amides is 8. The molecule has 12 N–H and O–H groups in total. The van der Waals surface area contributed by atoms with Gasteiger partial charge in [-0.2, -0.15) is 0 Å². The Morgan fingerprint density at radius 3 is 1.14 bits per heavy atom. The van der Waals surface area contributed by atoms with Crippen LogP contribution in [0, 0.1) is 11.8 Å². The van der Waals surface area contributed by atoms with Crippen molar-refractivity contribution in [1.82, 2.24) is 42.5 Å². The molecule has 0 aromatic heterocycles. The van der Waals surface area contributed by atoms with Gasteiger partial charge in [-0.05, 0) is 19.3 Å². The highest BCUT2D eigenvalue weighted by molar-refractivity contribution is 5.94. The molecule has 24 nitrogen and oxygen atoms in total. The number of hydrogen-bond donors (Lipinski definition) is 12. The summed E-state index contributed by atoms with van der Waals surface area (Å²) in [5.74, 6) is -6.35. The van der Waals surface area contributed by atoms with E-state index in [1.807, 2.05) is 0 Å². The summed E-state index contributed by atoms with van der Waals surface area (Å²) < 4.78 is 23.2. The van der Waals surface area contributed by atoms with Crippen molar-refractivity contribution in [2.45, 2.75) is 167 Å². The molecule has 0 radical (unpaired) electrons. The standard InChI is InChI=1S/C37H64N8O16.8CH4/c1-20(34(54)40-12-22(48)16-46)8-30(52)44-26(10-28(50)38-3)36(56)42-14-24-18-58-32(60-24)6-5-7-33-59-19-25(61-33)15-43-37(57)27(11-29(51)39-4)45-31(53)9-21(2)35(55)41-13-23(49)17-47;;;;;;;;/h20-27,32-33,46-49H,5-19H2,1-4H3,(H,38,50)(H,39,51)(H,40,54)(H,41,55)(H,42,56)(H,43,57)(H,44,52)(H,45,53);8*1H4. The normalized spacial score (nSPS) is 18.9. The van der Waals surface area contributed by atoms with Crippen LogP contribution in [0.15, 0.2) is 0 Å². The lowest BCUT2D eigenvalue weighted by atomic mass is 10.1. The average Bonchev–Trinajstić information content (AvgIpc) is 3.90. The molecule has 412 valence electrons. The number of nitrogens with one attached hydrogen (secondary N) is 8. The van der Waals surface area contributed by atoms with E-state index in [1.54, 1.807) is 0 Å². The van der Waals surface area contributed by atoms with E-state index in [9.17, 15) is 48.6 Å². The Balaban J connectivity index is -0.000000961. The van der Waals surface area contributed by atoms with E-state index < -0.39 is 121 Å². The van der Waals surface area contributed by atoms with Gasteiger partial charge in [0.1, 0.15) is 24.3 Å². The molecule has 2 aliphatic heterocycles. The molecule has 2 aliphatic rings. The van der Waals surface area contributed by atoms with Crippen molar-refractivity contribution in [3.63, 3.8) is 0 Å². The lowest BCUT2D eigenvalue weighted by Crippen LogP contribution is -2.51. The highest BCUT2D eigenvalue weighted by Crippen LogP contribution is 2.21. The molecule has 2 saturated heterocycles. The average molecular weight is 1010 g/mol. The second-order valence-corrected chi connectivity index (χ2v) is 14.8. The summed E-state index contributed by atoms with van der Waals surface area (Å²) >= 11 is 0. The third kappa shape index (κ3) is 31.3. The molecule has 0 aromatic carbocycles. The molecule has 10 unspecified atom stereocenters. The fourth-order valence-corrected chi connectivity index (χ4v) is 5.81. The highest BCUT2D eigenvalue weighted by Gasteiger charge is 2.32. The van der Waals surface area contributed by atoms with E-state index in [4.69, 9.17) is 29.2 Å². The summed E-state index contributed by atoms with van der Waals surface area (Å²) in [5, 5.41) is 56.5. The monoisotopic (exact) mass is 1000 g/mol. The van der Waals surface area contributed by atoms with Gasteiger partial charge in [0.2, 0.25) is 47.3 Å². The molecule has 8 amide bonds. The third-order valence-corrected chi connectivity index (χ3v) is 9.48. The van der Waals surface area contributed by atoms with Crippen LogP contribution < -0.4 is 42.5 Å². The number of aliphatic hydroxyl groups excluding tert-OH is 4. The molecule has 0 bridgehead atoms. The lowest BCUT2D eigenvalue weighted by Gasteiger charge is -2.20. The first kappa shape index (κ1) is 78.6. The van der Waals surface area contributed by atoms with Crippen LogP contribution in [-0.2, 0) is 57.3 Å². The summed E-state index contributed by atoms with van der Waals surface area (Å²) in [5.41, 5.74) is 0. The van der Waals surface area contributed by atoms with Crippen LogP contribution in [-0.4, -0.2) is 183 Å². The van der Waals surface area contributed by atoms with Gasteiger partial charge in [-0.15, -0.1) is 0 Å². The molecule has 2 fully saturated rings. The maximum Gasteiger partial charge on any atom is 0.243 e. The molecular weight excluding hydrogens is 909 g/mol. The second kappa shape index (κ2) is 42.3. The minimum atomic E-state index is -1.24. The van der Waals surface area contributed by atoms with Crippen molar-refractivity contribution in [2.75, 3.05) is 66.7 Å². The molecule has 0 saturated carbocycles. The number of carbonyl (C=O) groups excluding carboxylic acids is 8. The molecule has 2 rings (SSSR count). The zero-order chi connectivity index (χ0) is 45.5. The van der Waals surface area contributed by atoms with Crippen LogP contribution in [0.4, 0.5) is 0 Å². The smallest absolute Gasteiger partial charge is 0.243 e. The van der Waals surface area contributed by atoms with Crippen molar-refractivity contribution in [1.29, 1.82) is 0 Å². The zero-order valence-corrected chi connectivity index (χ0v) is 35.1. The first-order valence-electron chi connectivity index (χ1n) is 20.2. The quantitative estimate of drug-likeness (QED) is 0.0456. The highest BCUT2D eigenvalue weighted by atomic mass is 16.7. The molecule has 0 aliphatic carbocycles. The fourth-order valence-electron chi connectivity index (χ4n) is 5.81. The van der Waals surface area contributed by atoms with Crippen molar-refractivity contribution < 1.29 is 77.7 Å². The third-order valence-electron chi connectivity index (χ3n) is 9.48. The van der Waals surface area contributed by atoms with Gasteiger partial charge >= 0.3 is 0 Å². The first-order valence-corrected chi connectivity index (χ1v) is 20.2. The number of aliphatic hydroxyl groups is 4. The lowest BCUT2D eigenvalue weighted by molar-refractivity contribution is -0.134. The van der Waals surface area contributed by atoms with Crippen molar-refractivity contribution in [2.24, 2.45) is 11.8 Å². The van der Waals surface area contributed by atoms with Gasteiger partial charge in [-0.1, -0.05) is 73.3 Å².